The van der Waals surface area contributed by atoms with Crippen molar-refractivity contribution >= 4 is 34.8 Å². The highest BCUT2D eigenvalue weighted by Gasteiger charge is 2.13. The molecule has 0 aliphatic heterocycles. The summed E-state index contributed by atoms with van der Waals surface area (Å²) >= 11 is 17.8. The van der Waals surface area contributed by atoms with Crippen molar-refractivity contribution in [3.63, 3.8) is 0 Å². The van der Waals surface area contributed by atoms with Crippen LogP contribution in [0.5, 0.6) is 0 Å². The molecule has 0 aliphatic carbocycles. The second-order valence-corrected chi connectivity index (χ2v) is 5.48. The van der Waals surface area contributed by atoms with Gasteiger partial charge in [-0.1, -0.05) is 46.9 Å². The molecule has 1 unspecified atom stereocenters. The fourth-order valence-corrected chi connectivity index (χ4v) is 2.60. The Hall–Kier alpha value is -0.800. The van der Waals surface area contributed by atoms with Gasteiger partial charge in [-0.3, -0.25) is 0 Å². The first-order valence-corrected chi connectivity index (χ1v) is 6.75. The van der Waals surface area contributed by atoms with Crippen LogP contribution in [-0.2, 0) is 6.42 Å². The van der Waals surface area contributed by atoms with Crippen LogP contribution < -0.4 is 5.73 Å². The van der Waals surface area contributed by atoms with E-state index in [1.54, 1.807) is 30.3 Å². The fraction of sp³-hybridized carbons (Fsp3) is 0.143. The number of hydrogen-bond donors (Lipinski definition) is 1. The van der Waals surface area contributed by atoms with Gasteiger partial charge in [0.1, 0.15) is 5.82 Å². The summed E-state index contributed by atoms with van der Waals surface area (Å²) in [5, 5.41) is 1.14. The Balaban J connectivity index is 2.25. The first-order valence-electron chi connectivity index (χ1n) is 5.62. The van der Waals surface area contributed by atoms with Crippen molar-refractivity contribution < 1.29 is 4.39 Å². The normalized spacial score (nSPS) is 12.5. The molecule has 0 bridgehead atoms. The SMILES string of the molecule is NC(Cc1cccc(F)c1Cl)c1cc(Cl)cc(Cl)c1. The minimum atomic E-state index is -0.449. The fourth-order valence-electron chi connectivity index (χ4n) is 1.85. The second kappa shape index (κ2) is 6.10. The van der Waals surface area contributed by atoms with Gasteiger partial charge in [0.05, 0.1) is 5.02 Å². The Morgan fingerprint density at radius 2 is 1.68 bits per heavy atom. The molecule has 2 aromatic carbocycles. The van der Waals surface area contributed by atoms with E-state index in [-0.39, 0.29) is 11.1 Å². The first kappa shape index (κ1) is 14.6. The summed E-state index contributed by atoms with van der Waals surface area (Å²) in [4.78, 5) is 0. The Morgan fingerprint density at radius 1 is 1.05 bits per heavy atom. The van der Waals surface area contributed by atoms with Crippen LogP contribution in [0.3, 0.4) is 0 Å². The molecule has 2 aromatic rings. The number of nitrogens with two attached hydrogens (primary N) is 1. The molecular weight excluding hydrogens is 308 g/mol. The molecule has 0 fully saturated rings. The van der Waals surface area contributed by atoms with Crippen LogP contribution in [0, 0.1) is 5.82 Å². The van der Waals surface area contributed by atoms with Crippen LogP contribution in [0.4, 0.5) is 4.39 Å². The molecule has 1 nitrogen and oxygen atoms in total. The maximum absolute atomic E-state index is 13.3. The van der Waals surface area contributed by atoms with Crippen LogP contribution >= 0.6 is 34.8 Å². The van der Waals surface area contributed by atoms with E-state index in [9.17, 15) is 4.39 Å². The topological polar surface area (TPSA) is 26.0 Å². The van der Waals surface area contributed by atoms with Gasteiger partial charge in [-0.05, 0) is 41.8 Å². The predicted molar refractivity (Wildman–Crippen MR) is 78.5 cm³/mol. The van der Waals surface area contributed by atoms with Gasteiger partial charge >= 0.3 is 0 Å². The van der Waals surface area contributed by atoms with Gasteiger partial charge in [0, 0.05) is 16.1 Å². The second-order valence-electron chi connectivity index (χ2n) is 4.23. The summed E-state index contributed by atoms with van der Waals surface area (Å²) in [6.07, 6.45) is 0.410. The van der Waals surface area contributed by atoms with Crippen molar-refractivity contribution in [2.75, 3.05) is 0 Å². The maximum atomic E-state index is 13.3. The zero-order valence-corrected chi connectivity index (χ0v) is 12.1. The van der Waals surface area contributed by atoms with Gasteiger partial charge in [0.15, 0.2) is 0 Å². The molecule has 0 spiro atoms. The third-order valence-corrected chi connectivity index (χ3v) is 3.64. The molecule has 2 N–H and O–H groups in total. The molecule has 0 saturated carbocycles. The van der Waals surface area contributed by atoms with Crippen LogP contribution in [0.25, 0.3) is 0 Å². The van der Waals surface area contributed by atoms with Crippen molar-refractivity contribution in [3.05, 3.63) is 68.4 Å². The van der Waals surface area contributed by atoms with Crippen LogP contribution in [0.1, 0.15) is 17.2 Å². The summed E-state index contributed by atoms with van der Waals surface area (Å²) < 4.78 is 13.3. The molecule has 2 rings (SSSR count). The van der Waals surface area contributed by atoms with Crippen LogP contribution in [-0.4, -0.2) is 0 Å². The van der Waals surface area contributed by atoms with E-state index in [4.69, 9.17) is 40.5 Å². The average molecular weight is 319 g/mol. The maximum Gasteiger partial charge on any atom is 0.142 e. The number of benzene rings is 2. The monoisotopic (exact) mass is 317 g/mol. The van der Waals surface area contributed by atoms with Gasteiger partial charge in [0.2, 0.25) is 0 Å². The lowest BCUT2D eigenvalue weighted by Gasteiger charge is -2.14. The third-order valence-electron chi connectivity index (χ3n) is 2.78. The molecule has 5 heteroatoms. The van der Waals surface area contributed by atoms with Crippen molar-refractivity contribution in [1.29, 1.82) is 0 Å². The van der Waals surface area contributed by atoms with E-state index in [1.165, 1.54) is 6.07 Å². The zero-order chi connectivity index (χ0) is 14.0. The van der Waals surface area contributed by atoms with Crippen molar-refractivity contribution in [3.8, 4) is 0 Å². The van der Waals surface area contributed by atoms with Crippen molar-refractivity contribution in [1.82, 2.24) is 0 Å². The van der Waals surface area contributed by atoms with Gasteiger partial charge in [0.25, 0.3) is 0 Å². The molecule has 0 radical (unpaired) electrons. The first-order chi connectivity index (χ1) is 8.97. The minimum absolute atomic E-state index is 0.103. The molecule has 100 valence electrons. The summed E-state index contributed by atoms with van der Waals surface area (Å²) in [6.45, 7) is 0. The summed E-state index contributed by atoms with van der Waals surface area (Å²) in [6, 6.07) is 9.43. The summed E-state index contributed by atoms with van der Waals surface area (Å²) in [5.74, 6) is -0.449. The molecule has 0 saturated heterocycles. The van der Waals surface area contributed by atoms with Gasteiger partial charge in [-0.25, -0.2) is 4.39 Å². The highest BCUT2D eigenvalue weighted by atomic mass is 35.5. The van der Waals surface area contributed by atoms with E-state index in [2.05, 4.69) is 0 Å². The molecule has 0 aliphatic rings. The van der Waals surface area contributed by atoms with Crippen molar-refractivity contribution in [2.24, 2.45) is 5.73 Å². The van der Waals surface area contributed by atoms with Crippen LogP contribution in [0.2, 0.25) is 15.1 Å². The predicted octanol–water partition coefficient (Wildman–Crippen LogP) is 5.03. The Bertz CT molecular complexity index is 581. The number of rotatable bonds is 3. The Labute approximate surface area is 126 Å². The molecule has 0 aromatic heterocycles. The Kier molecular flexibility index (Phi) is 4.69. The minimum Gasteiger partial charge on any atom is -0.324 e. The quantitative estimate of drug-likeness (QED) is 0.844. The highest BCUT2D eigenvalue weighted by molar-refractivity contribution is 6.34. The number of halogens is 4. The standard InChI is InChI=1S/C14H11Cl3FN/c15-10-4-9(5-11(16)7-10)13(19)6-8-2-1-3-12(18)14(8)17/h1-5,7,13H,6,19H2. The van der Waals surface area contributed by atoms with E-state index < -0.39 is 5.82 Å². The van der Waals surface area contributed by atoms with Crippen LogP contribution in [0.15, 0.2) is 36.4 Å². The van der Waals surface area contributed by atoms with E-state index in [0.717, 1.165) is 5.56 Å². The van der Waals surface area contributed by atoms with E-state index >= 15 is 0 Å². The van der Waals surface area contributed by atoms with Crippen molar-refractivity contribution in [2.45, 2.75) is 12.5 Å². The summed E-state index contributed by atoms with van der Waals surface area (Å²) in [5.41, 5.74) is 7.53. The van der Waals surface area contributed by atoms with Gasteiger partial charge < -0.3 is 5.73 Å². The lowest BCUT2D eigenvalue weighted by molar-refractivity contribution is 0.622. The number of hydrogen-bond acceptors (Lipinski definition) is 1. The third kappa shape index (κ3) is 3.61. The molecular formula is C14H11Cl3FN. The molecule has 0 heterocycles. The summed E-state index contributed by atoms with van der Waals surface area (Å²) in [7, 11) is 0. The molecule has 19 heavy (non-hydrogen) atoms. The largest absolute Gasteiger partial charge is 0.324 e. The van der Waals surface area contributed by atoms with Gasteiger partial charge in [-0.2, -0.15) is 0 Å². The Morgan fingerprint density at radius 3 is 2.32 bits per heavy atom. The lowest BCUT2D eigenvalue weighted by Crippen LogP contribution is -2.13. The van der Waals surface area contributed by atoms with Gasteiger partial charge in [-0.15, -0.1) is 0 Å². The highest BCUT2D eigenvalue weighted by Crippen LogP contribution is 2.27. The smallest absolute Gasteiger partial charge is 0.142 e. The van der Waals surface area contributed by atoms with E-state index in [0.29, 0.717) is 22.0 Å². The zero-order valence-electron chi connectivity index (χ0n) is 9.84. The average Bonchev–Trinajstić information content (AvgIpc) is 2.33. The molecule has 1 atom stereocenters. The van der Waals surface area contributed by atoms with E-state index in [1.807, 2.05) is 0 Å². The molecule has 0 amide bonds. The lowest BCUT2D eigenvalue weighted by atomic mass is 9.99.